The topological polar surface area (TPSA) is 27.7 Å². The van der Waals surface area contributed by atoms with E-state index in [4.69, 9.17) is 14.2 Å². The van der Waals surface area contributed by atoms with Crippen LogP contribution in [-0.2, 0) is 33.2 Å². The predicted molar refractivity (Wildman–Crippen MR) is 122 cm³/mol. The Kier molecular flexibility index (Phi) is 8.04. The second kappa shape index (κ2) is 11.0. The highest BCUT2D eigenvalue weighted by Crippen LogP contribution is 2.33. The first kappa shape index (κ1) is 25.5. The van der Waals surface area contributed by atoms with Crippen LogP contribution in [0.1, 0.15) is 41.4 Å². The number of aryl methyl sites for hydroxylation is 2. The van der Waals surface area contributed by atoms with Gasteiger partial charge in [0.25, 0.3) is 0 Å². The van der Waals surface area contributed by atoms with E-state index in [2.05, 4.69) is 0 Å². The summed E-state index contributed by atoms with van der Waals surface area (Å²) in [7, 11) is 1.68. The molecule has 3 aromatic carbocycles. The van der Waals surface area contributed by atoms with Gasteiger partial charge in [-0.05, 0) is 60.4 Å². The average molecular weight is 495 g/mol. The van der Waals surface area contributed by atoms with Crippen LogP contribution >= 0.6 is 0 Å². The molecule has 1 saturated heterocycles. The molecule has 0 aromatic heterocycles. The van der Waals surface area contributed by atoms with Gasteiger partial charge in [-0.25, -0.2) is 8.78 Å². The largest absolute Gasteiger partial charge is 0.419 e. The molecule has 4 rings (SSSR count). The van der Waals surface area contributed by atoms with Crippen molar-refractivity contribution in [2.45, 2.75) is 38.1 Å². The summed E-state index contributed by atoms with van der Waals surface area (Å²) in [4.78, 5) is 0. The zero-order chi connectivity index (χ0) is 25.0. The molecule has 3 nitrogen and oxygen atoms in total. The molecule has 0 amide bonds. The fourth-order valence-corrected chi connectivity index (χ4v) is 4.34. The highest BCUT2D eigenvalue weighted by Gasteiger charge is 2.33. The molecular formula is C27H27F5O3. The number of alkyl halides is 3. The molecule has 0 atom stereocenters. The van der Waals surface area contributed by atoms with Crippen LogP contribution in [0.15, 0.2) is 48.5 Å². The van der Waals surface area contributed by atoms with Crippen LogP contribution in [0.25, 0.3) is 10.8 Å². The number of hydrogen-bond donors (Lipinski definition) is 0. The van der Waals surface area contributed by atoms with E-state index in [1.807, 2.05) is 6.07 Å². The van der Waals surface area contributed by atoms with Crippen molar-refractivity contribution in [2.24, 2.45) is 5.92 Å². The monoisotopic (exact) mass is 494 g/mol. The third-order valence-electron chi connectivity index (χ3n) is 6.28. The molecule has 0 saturated carbocycles. The quantitative estimate of drug-likeness (QED) is 0.249. The number of benzene rings is 3. The van der Waals surface area contributed by atoms with Gasteiger partial charge in [-0.3, -0.25) is 0 Å². The van der Waals surface area contributed by atoms with Gasteiger partial charge in [-0.2, -0.15) is 13.2 Å². The third kappa shape index (κ3) is 6.18. The lowest BCUT2D eigenvalue weighted by Gasteiger charge is -2.29. The van der Waals surface area contributed by atoms with Gasteiger partial charge in [0.2, 0.25) is 0 Å². The Hall–Kier alpha value is -2.55. The second-order valence-electron chi connectivity index (χ2n) is 8.83. The summed E-state index contributed by atoms with van der Waals surface area (Å²) in [6.07, 6.45) is -2.89. The maximum absolute atomic E-state index is 15.1. The number of rotatable bonds is 8. The standard InChI is InChI=1S/C27H27F5O3/c1-33-12-2-3-18-15-34-26(35-16-18)21-9-10-22-20(14-21)8-7-19(25(22)29)6-4-17-5-11-23(24(28)13-17)27(30,31)32/h5,7-11,13-14,18,26H,2-4,6,12,15-16H2,1H3. The van der Waals surface area contributed by atoms with E-state index in [0.717, 1.165) is 30.5 Å². The smallest absolute Gasteiger partial charge is 0.385 e. The first-order valence-electron chi connectivity index (χ1n) is 11.5. The van der Waals surface area contributed by atoms with Crippen LogP contribution in [0.3, 0.4) is 0 Å². The van der Waals surface area contributed by atoms with E-state index < -0.39 is 29.7 Å². The molecule has 188 valence electrons. The van der Waals surface area contributed by atoms with Crippen molar-refractivity contribution in [1.82, 2.24) is 0 Å². The van der Waals surface area contributed by atoms with Crippen LogP contribution in [-0.4, -0.2) is 26.9 Å². The van der Waals surface area contributed by atoms with Gasteiger partial charge in [0.1, 0.15) is 11.6 Å². The molecule has 0 spiro atoms. The number of hydrogen-bond acceptors (Lipinski definition) is 3. The summed E-state index contributed by atoms with van der Waals surface area (Å²) >= 11 is 0. The molecule has 1 heterocycles. The van der Waals surface area contributed by atoms with Crippen LogP contribution < -0.4 is 0 Å². The number of methoxy groups -OCH3 is 1. The molecule has 0 bridgehead atoms. The molecule has 0 aliphatic carbocycles. The summed E-state index contributed by atoms with van der Waals surface area (Å²) < 4.78 is 84.0. The normalized spacial score (nSPS) is 18.8. The van der Waals surface area contributed by atoms with Crippen molar-refractivity contribution in [1.29, 1.82) is 0 Å². The number of ether oxygens (including phenoxy) is 3. The zero-order valence-electron chi connectivity index (χ0n) is 19.3. The van der Waals surface area contributed by atoms with E-state index in [-0.39, 0.29) is 12.8 Å². The Morgan fingerprint density at radius 2 is 1.71 bits per heavy atom. The van der Waals surface area contributed by atoms with Crippen LogP contribution in [0.2, 0.25) is 0 Å². The van der Waals surface area contributed by atoms with E-state index in [1.54, 1.807) is 31.4 Å². The van der Waals surface area contributed by atoms with Crippen molar-refractivity contribution in [3.05, 3.63) is 82.4 Å². The maximum atomic E-state index is 15.1. The highest BCUT2D eigenvalue weighted by atomic mass is 19.4. The van der Waals surface area contributed by atoms with E-state index in [1.165, 1.54) is 6.07 Å². The fourth-order valence-electron chi connectivity index (χ4n) is 4.34. The van der Waals surface area contributed by atoms with E-state index >= 15 is 4.39 Å². The van der Waals surface area contributed by atoms with Crippen molar-refractivity contribution < 1.29 is 36.2 Å². The van der Waals surface area contributed by atoms with E-state index in [0.29, 0.717) is 47.6 Å². The van der Waals surface area contributed by atoms with Gasteiger partial charge in [-0.15, -0.1) is 0 Å². The lowest BCUT2D eigenvalue weighted by molar-refractivity contribution is -0.206. The average Bonchev–Trinajstić information content (AvgIpc) is 2.83. The molecule has 0 N–H and O–H groups in total. The summed E-state index contributed by atoms with van der Waals surface area (Å²) in [6, 6.07) is 11.5. The van der Waals surface area contributed by atoms with Crippen molar-refractivity contribution in [2.75, 3.05) is 26.9 Å². The number of fused-ring (bicyclic) bond motifs is 1. The lowest BCUT2D eigenvalue weighted by Crippen LogP contribution is -2.27. The summed E-state index contributed by atoms with van der Waals surface area (Å²) in [5.41, 5.74) is 0.286. The summed E-state index contributed by atoms with van der Waals surface area (Å²) in [6.45, 7) is 1.88. The minimum absolute atomic E-state index is 0.213. The second-order valence-corrected chi connectivity index (χ2v) is 8.83. The molecule has 1 aliphatic heterocycles. The van der Waals surface area contributed by atoms with Crippen molar-refractivity contribution >= 4 is 10.8 Å². The molecule has 0 radical (unpaired) electrons. The van der Waals surface area contributed by atoms with Crippen LogP contribution in [0.4, 0.5) is 22.0 Å². The van der Waals surface area contributed by atoms with Gasteiger partial charge in [0.15, 0.2) is 6.29 Å². The Labute approximate surface area is 200 Å². The van der Waals surface area contributed by atoms with Crippen molar-refractivity contribution in [3.63, 3.8) is 0 Å². The Morgan fingerprint density at radius 3 is 2.40 bits per heavy atom. The molecule has 1 aliphatic rings. The Balaban J connectivity index is 1.41. The van der Waals surface area contributed by atoms with Crippen LogP contribution in [0, 0.1) is 17.6 Å². The van der Waals surface area contributed by atoms with Crippen molar-refractivity contribution in [3.8, 4) is 0 Å². The first-order chi connectivity index (χ1) is 16.8. The molecule has 1 fully saturated rings. The number of halogens is 5. The van der Waals surface area contributed by atoms with Crippen LogP contribution in [0.5, 0.6) is 0 Å². The van der Waals surface area contributed by atoms with E-state index in [9.17, 15) is 17.6 Å². The minimum atomic E-state index is -4.74. The fraction of sp³-hybridized carbons (Fsp3) is 0.407. The molecular weight excluding hydrogens is 467 g/mol. The van der Waals surface area contributed by atoms with Gasteiger partial charge >= 0.3 is 6.18 Å². The zero-order valence-corrected chi connectivity index (χ0v) is 19.3. The molecule has 0 unspecified atom stereocenters. The van der Waals surface area contributed by atoms with Gasteiger partial charge in [0, 0.05) is 30.6 Å². The highest BCUT2D eigenvalue weighted by molar-refractivity contribution is 5.84. The van der Waals surface area contributed by atoms with Gasteiger partial charge < -0.3 is 14.2 Å². The molecule has 8 heteroatoms. The maximum Gasteiger partial charge on any atom is 0.419 e. The minimum Gasteiger partial charge on any atom is -0.385 e. The van der Waals surface area contributed by atoms with Gasteiger partial charge in [-0.1, -0.05) is 30.3 Å². The SMILES string of the molecule is COCCCC1COC(c2ccc3c(F)c(CCc4ccc(C(F)(F)F)c(F)c4)ccc3c2)OC1. The Bertz CT molecular complexity index is 1150. The molecule has 35 heavy (non-hydrogen) atoms. The summed E-state index contributed by atoms with van der Waals surface area (Å²) in [5.74, 6) is -1.40. The van der Waals surface area contributed by atoms with Gasteiger partial charge in [0.05, 0.1) is 18.8 Å². The summed E-state index contributed by atoms with van der Waals surface area (Å²) in [5, 5.41) is 1.12. The lowest BCUT2D eigenvalue weighted by atomic mass is 9.98. The third-order valence-corrected chi connectivity index (χ3v) is 6.28. The Morgan fingerprint density at radius 1 is 0.943 bits per heavy atom. The predicted octanol–water partition coefficient (Wildman–Crippen LogP) is 7.01. The molecule has 3 aromatic rings. The first-order valence-corrected chi connectivity index (χ1v) is 11.5.